The maximum Gasteiger partial charge on any atom is 0.125 e. The predicted octanol–water partition coefficient (Wildman–Crippen LogP) is 4.29. The number of halogens is 2. The molecule has 27 heavy (non-hydrogen) atoms. The Morgan fingerprint density at radius 1 is 1.19 bits per heavy atom. The third kappa shape index (κ3) is 3.93. The number of rotatable bonds is 5. The molecule has 6 heteroatoms. The van der Waals surface area contributed by atoms with Crippen LogP contribution >= 0.6 is 34.7 Å². The van der Waals surface area contributed by atoms with E-state index in [4.69, 9.17) is 16.3 Å². The first-order chi connectivity index (χ1) is 13.0. The van der Waals surface area contributed by atoms with Crippen molar-refractivity contribution < 1.29 is 9.13 Å². The fourth-order valence-electron chi connectivity index (χ4n) is 3.04. The highest BCUT2D eigenvalue weighted by Gasteiger charge is 2.18. The zero-order valence-corrected chi connectivity index (χ0v) is 17.5. The van der Waals surface area contributed by atoms with Gasteiger partial charge in [0.2, 0.25) is 0 Å². The van der Waals surface area contributed by atoms with Crippen LogP contribution in [0.1, 0.15) is 0 Å². The van der Waals surface area contributed by atoms with Crippen LogP contribution in [0.15, 0.2) is 46.9 Å². The van der Waals surface area contributed by atoms with Gasteiger partial charge in [-0.25, -0.2) is 4.39 Å². The minimum atomic E-state index is -0.306. The molecule has 0 saturated heterocycles. The van der Waals surface area contributed by atoms with Crippen LogP contribution < -0.4 is 9.75 Å². The summed E-state index contributed by atoms with van der Waals surface area (Å²) in [6.07, 6.45) is 10.4. The van der Waals surface area contributed by atoms with E-state index in [0.29, 0.717) is 18.2 Å². The number of nitrogens with zero attached hydrogens (tertiary/aromatic N) is 1. The number of thioether (sulfide) groups is 1. The van der Waals surface area contributed by atoms with Crippen molar-refractivity contribution in [3.63, 3.8) is 0 Å². The summed E-state index contributed by atoms with van der Waals surface area (Å²) in [4.78, 5) is 4.38. The van der Waals surface area contributed by atoms with Crippen LogP contribution in [0.25, 0.3) is 21.1 Å². The van der Waals surface area contributed by atoms with E-state index in [1.807, 2.05) is 20.2 Å². The first-order valence-corrected chi connectivity index (χ1v) is 10.7. The highest BCUT2D eigenvalue weighted by atomic mass is 35.5. The Kier molecular flexibility index (Phi) is 5.58. The van der Waals surface area contributed by atoms with E-state index >= 15 is 0 Å². The molecular weight excluding hydrogens is 401 g/mol. The maximum atomic E-state index is 14.0. The van der Waals surface area contributed by atoms with Gasteiger partial charge >= 0.3 is 0 Å². The van der Waals surface area contributed by atoms with Gasteiger partial charge in [-0.3, -0.25) is 0 Å². The van der Waals surface area contributed by atoms with Crippen LogP contribution in [0.2, 0.25) is 5.02 Å². The second-order valence-electron chi connectivity index (χ2n) is 6.67. The first kappa shape index (κ1) is 19.0. The maximum absolute atomic E-state index is 14.0. The molecule has 1 aromatic carbocycles. The van der Waals surface area contributed by atoms with E-state index in [-0.39, 0.29) is 5.82 Å². The van der Waals surface area contributed by atoms with Crippen LogP contribution in [0.5, 0.6) is 0 Å². The van der Waals surface area contributed by atoms with E-state index in [1.165, 1.54) is 6.07 Å². The van der Waals surface area contributed by atoms with Crippen molar-refractivity contribution in [1.82, 2.24) is 4.90 Å². The average molecular weight is 420 g/mol. The molecule has 0 bridgehead atoms. The van der Waals surface area contributed by atoms with Crippen molar-refractivity contribution in [1.29, 1.82) is 0 Å². The molecule has 0 amide bonds. The lowest BCUT2D eigenvalue weighted by atomic mass is 10.1. The molecule has 1 aromatic heterocycles. The number of hydrogen-bond donors (Lipinski definition) is 0. The summed E-state index contributed by atoms with van der Waals surface area (Å²) >= 11 is 9.62. The molecule has 0 atom stereocenters. The molecule has 0 unspecified atom stereocenters. The van der Waals surface area contributed by atoms with Gasteiger partial charge in [-0.2, -0.15) is 0 Å². The van der Waals surface area contributed by atoms with Gasteiger partial charge in [0.05, 0.1) is 22.9 Å². The molecule has 2 heterocycles. The van der Waals surface area contributed by atoms with Gasteiger partial charge in [-0.1, -0.05) is 41.6 Å². The summed E-state index contributed by atoms with van der Waals surface area (Å²) in [5.41, 5.74) is 1.13. The highest BCUT2D eigenvalue weighted by molar-refractivity contribution is 8.11. The summed E-state index contributed by atoms with van der Waals surface area (Å²) in [6, 6.07) is 2.97. The largest absolute Gasteiger partial charge is 0.375 e. The predicted molar refractivity (Wildman–Crippen MR) is 116 cm³/mol. The second kappa shape index (κ2) is 7.94. The monoisotopic (exact) mass is 419 g/mol. The van der Waals surface area contributed by atoms with Crippen molar-refractivity contribution in [2.24, 2.45) is 0 Å². The zero-order valence-electron chi connectivity index (χ0n) is 15.1. The summed E-state index contributed by atoms with van der Waals surface area (Å²) in [6.45, 7) is 2.16. The molecule has 0 spiro atoms. The molecule has 0 radical (unpaired) electrons. The zero-order chi connectivity index (χ0) is 19.0. The SMILES string of the molecule is CN(C)CCOCC1=CC=C2C=CC=c3sc4c(Cl)cc(F)cc4c3=C2S1. The molecule has 2 nitrogen and oxygen atoms in total. The minimum absolute atomic E-state index is 0.306. The van der Waals surface area contributed by atoms with E-state index in [9.17, 15) is 4.39 Å². The Hall–Kier alpha value is -1.37. The Morgan fingerprint density at radius 3 is 2.85 bits per heavy atom. The lowest BCUT2D eigenvalue weighted by Gasteiger charge is -2.16. The van der Waals surface area contributed by atoms with Gasteiger partial charge in [0.15, 0.2) is 0 Å². The van der Waals surface area contributed by atoms with Crippen LogP contribution in [0.3, 0.4) is 0 Å². The first-order valence-electron chi connectivity index (χ1n) is 8.65. The summed E-state index contributed by atoms with van der Waals surface area (Å²) in [7, 11) is 4.06. The van der Waals surface area contributed by atoms with E-state index in [2.05, 4.69) is 29.2 Å². The topological polar surface area (TPSA) is 12.5 Å². The molecule has 1 aliphatic heterocycles. The lowest BCUT2D eigenvalue weighted by molar-refractivity contribution is 0.140. The molecule has 2 aromatic rings. The number of hydrogen-bond acceptors (Lipinski definition) is 4. The number of thiophene rings is 1. The molecule has 140 valence electrons. The van der Waals surface area contributed by atoms with Gasteiger partial charge < -0.3 is 9.64 Å². The van der Waals surface area contributed by atoms with Gasteiger partial charge in [-0.15, -0.1) is 11.3 Å². The highest BCUT2D eigenvalue weighted by Crippen LogP contribution is 2.38. The van der Waals surface area contributed by atoms with Crippen LogP contribution in [0, 0.1) is 5.82 Å². The van der Waals surface area contributed by atoms with E-state index in [1.54, 1.807) is 29.2 Å². The Balaban J connectivity index is 1.76. The Labute approximate surface area is 171 Å². The smallest absolute Gasteiger partial charge is 0.125 e. The number of allylic oxidation sites excluding steroid dienone is 4. The van der Waals surface area contributed by atoms with Crippen molar-refractivity contribution in [2.75, 3.05) is 33.9 Å². The molecule has 0 fully saturated rings. The lowest BCUT2D eigenvalue weighted by Crippen LogP contribution is -2.22. The van der Waals surface area contributed by atoms with Crippen LogP contribution in [-0.2, 0) is 4.74 Å². The quantitative estimate of drug-likeness (QED) is 0.671. The van der Waals surface area contributed by atoms with Gasteiger partial charge in [0.25, 0.3) is 0 Å². The summed E-state index contributed by atoms with van der Waals surface area (Å²) in [5, 5.41) is 2.41. The van der Waals surface area contributed by atoms with Crippen molar-refractivity contribution in [2.45, 2.75) is 0 Å². The van der Waals surface area contributed by atoms with E-state index in [0.717, 1.165) is 41.8 Å². The third-order valence-corrected chi connectivity index (χ3v) is 7.13. The number of fused-ring (bicyclic) bond motifs is 4. The molecular formula is C21H19ClFNOS2. The Morgan fingerprint density at radius 2 is 2.04 bits per heavy atom. The normalized spacial score (nSPS) is 16.0. The molecule has 4 rings (SSSR count). The standard InChI is InChI=1S/C21H19ClFNOS2/c1-24(2)8-9-25-12-15-7-6-13-4-3-5-18-19(20(13)26-15)16-10-14(23)11-17(22)21(16)27-18/h3-7,10-11H,8-9,12H2,1-2H3. The molecule has 1 aliphatic carbocycles. The summed E-state index contributed by atoms with van der Waals surface area (Å²) in [5.74, 6) is -0.306. The fourth-order valence-corrected chi connectivity index (χ4v) is 5.65. The molecule has 0 N–H and O–H groups in total. The van der Waals surface area contributed by atoms with E-state index < -0.39 is 0 Å². The molecule has 0 saturated carbocycles. The molecule has 2 aliphatic rings. The minimum Gasteiger partial charge on any atom is -0.375 e. The van der Waals surface area contributed by atoms with Gasteiger partial charge in [-0.05, 0) is 44.0 Å². The van der Waals surface area contributed by atoms with Gasteiger partial charge in [0, 0.05) is 31.5 Å². The second-order valence-corrected chi connectivity index (χ2v) is 9.27. The number of benzene rings is 1. The van der Waals surface area contributed by atoms with Crippen LogP contribution in [0.4, 0.5) is 4.39 Å². The fraction of sp³-hybridized carbons (Fsp3) is 0.238. The Bertz CT molecular complexity index is 1110. The third-order valence-electron chi connectivity index (χ3n) is 4.36. The van der Waals surface area contributed by atoms with Crippen molar-refractivity contribution in [3.8, 4) is 0 Å². The average Bonchev–Trinajstić information content (AvgIpc) is 2.88. The number of likely N-dealkylation sites (N-methyl/N-ethyl adjacent to an activating group) is 1. The van der Waals surface area contributed by atoms with Crippen molar-refractivity contribution >= 4 is 55.8 Å². The van der Waals surface area contributed by atoms with Gasteiger partial charge in [0.1, 0.15) is 5.82 Å². The van der Waals surface area contributed by atoms with Crippen molar-refractivity contribution in [3.05, 3.63) is 67.5 Å². The van der Waals surface area contributed by atoms with Crippen LogP contribution in [-0.4, -0.2) is 38.8 Å². The summed E-state index contributed by atoms with van der Waals surface area (Å²) < 4.78 is 21.9. The number of ether oxygens (including phenoxy) is 1.